The highest BCUT2D eigenvalue weighted by Gasteiger charge is 2.42. The van der Waals surface area contributed by atoms with Crippen LogP contribution in [0.1, 0.15) is 66.2 Å². The van der Waals surface area contributed by atoms with Crippen LogP contribution in [0.4, 0.5) is 14.6 Å². The first-order valence-electron chi connectivity index (χ1n) is 12.8. The Kier molecular flexibility index (Phi) is 6.32. The molecule has 2 unspecified atom stereocenters. The Balaban J connectivity index is 1.20. The molecule has 37 heavy (non-hydrogen) atoms. The quantitative estimate of drug-likeness (QED) is 0.370. The summed E-state index contributed by atoms with van der Waals surface area (Å²) < 4.78 is 37.4. The van der Waals surface area contributed by atoms with Crippen LogP contribution in [0.2, 0.25) is 0 Å². The maximum absolute atomic E-state index is 13.1. The highest BCUT2D eigenvalue weighted by molar-refractivity contribution is 5.85. The Morgan fingerprint density at radius 1 is 1.05 bits per heavy atom. The predicted octanol–water partition coefficient (Wildman–Crippen LogP) is 5.97. The fourth-order valence-electron chi connectivity index (χ4n) is 6.01. The number of aromatic amines is 1. The van der Waals surface area contributed by atoms with E-state index in [1.807, 2.05) is 18.3 Å². The summed E-state index contributed by atoms with van der Waals surface area (Å²) in [5.74, 6) is 0.288. The zero-order valence-electron chi connectivity index (χ0n) is 20.3. The number of carboxylic acid groups (broad SMARTS) is 1. The van der Waals surface area contributed by atoms with Crippen molar-refractivity contribution in [3.05, 3.63) is 65.6 Å². The van der Waals surface area contributed by atoms with E-state index >= 15 is 0 Å². The number of ether oxygens (including phenoxy) is 2. The van der Waals surface area contributed by atoms with Gasteiger partial charge in [-0.15, -0.1) is 0 Å². The highest BCUT2D eigenvalue weighted by Crippen LogP contribution is 2.46. The molecule has 0 spiro atoms. The van der Waals surface area contributed by atoms with E-state index in [4.69, 9.17) is 9.47 Å². The van der Waals surface area contributed by atoms with Crippen molar-refractivity contribution in [1.82, 2.24) is 9.97 Å². The van der Waals surface area contributed by atoms with Crippen LogP contribution in [-0.4, -0.2) is 45.8 Å². The molecule has 2 atom stereocenters. The van der Waals surface area contributed by atoms with Crippen molar-refractivity contribution >= 4 is 11.8 Å². The molecule has 0 radical (unpaired) electrons. The first kappa shape index (κ1) is 23.9. The van der Waals surface area contributed by atoms with E-state index in [1.165, 1.54) is 6.07 Å². The van der Waals surface area contributed by atoms with Gasteiger partial charge >= 0.3 is 12.6 Å². The third kappa shape index (κ3) is 4.80. The number of pyridine rings is 1. The highest BCUT2D eigenvalue weighted by atomic mass is 19.3. The standard InChI is InChI=1S/C28H29F2N3O4/c29-28(30)37-24-6-2-1-4-20(24)21-14-31-26(16-8-9-16)22(21)15-36-19-12-17-10-11-18(13-19)33(17)25-7-3-5-23(32-25)27(34)35/h1-7,14,16-19,28,31H,8-13,15H2,(H,34,35). The zero-order chi connectivity index (χ0) is 25.5. The Labute approximate surface area is 213 Å². The van der Waals surface area contributed by atoms with E-state index in [-0.39, 0.29) is 29.6 Å². The summed E-state index contributed by atoms with van der Waals surface area (Å²) in [6.07, 6.45) is 7.85. The summed E-state index contributed by atoms with van der Waals surface area (Å²) in [6, 6.07) is 12.5. The molecular formula is C28H29F2N3O4. The van der Waals surface area contributed by atoms with E-state index in [0.29, 0.717) is 23.9 Å². The van der Waals surface area contributed by atoms with Crippen LogP contribution in [0, 0.1) is 0 Å². The Morgan fingerprint density at radius 2 is 1.81 bits per heavy atom. The SMILES string of the molecule is O=C(O)c1cccc(N2C3CCC2CC(OCc2c(-c4ccccc4OC(F)F)c[nH]c2C2CC2)C3)n1. The first-order valence-corrected chi connectivity index (χ1v) is 12.8. The van der Waals surface area contributed by atoms with Gasteiger partial charge in [0.1, 0.15) is 11.6 Å². The molecule has 4 heterocycles. The number of benzene rings is 1. The number of piperidine rings is 1. The molecule has 0 amide bonds. The number of aromatic carboxylic acids is 1. The summed E-state index contributed by atoms with van der Waals surface area (Å²) in [7, 11) is 0. The molecule has 1 aromatic carbocycles. The van der Waals surface area contributed by atoms with E-state index < -0.39 is 12.6 Å². The van der Waals surface area contributed by atoms with Gasteiger partial charge in [0, 0.05) is 40.7 Å². The van der Waals surface area contributed by atoms with Crippen LogP contribution in [0.5, 0.6) is 5.75 Å². The number of halogens is 2. The zero-order valence-corrected chi connectivity index (χ0v) is 20.3. The second kappa shape index (κ2) is 9.78. The second-order valence-corrected chi connectivity index (χ2v) is 10.1. The van der Waals surface area contributed by atoms with Gasteiger partial charge in [0.2, 0.25) is 0 Å². The molecular weight excluding hydrogens is 480 g/mol. The van der Waals surface area contributed by atoms with Crippen molar-refractivity contribution in [2.24, 2.45) is 0 Å². The second-order valence-electron chi connectivity index (χ2n) is 10.1. The molecule has 1 aliphatic carbocycles. The van der Waals surface area contributed by atoms with Crippen LogP contribution in [0.15, 0.2) is 48.7 Å². The summed E-state index contributed by atoms with van der Waals surface area (Å²) >= 11 is 0. The van der Waals surface area contributed by atoms with E-state index in [9.17, 15) is 18.7 Å². The fourth-order valence-corrected chi connectivity index (χ4v) is 6.01. The van der Waals surface area contributed by atoms with Gasteiger partial charge in [0.05, 0.1) is 12.7 Å². The molecule has 1 saturated carbocycles. The van der Waals surface area contributed by atoms with Gasteiger partial charge in [0.15, 0.2) is 5.69 Å². The maximum Gasteiger partial charge on any atom is 0.387 e. The first-order chi connectivity index (χ1) is 18.0. The third-order valence-corrected chi connectivity index (χ3v) is 7.77. The number of fused-ring (bicyclic) bond motifs is 2. The lowest BCUT2D eigenvalue weighted by molar-refractivity contribution is -0.0494. The molecule has 6 rings (SSSR count). The summed E-state index contributed by atoms with van der Waals surface area (Å²) in [6.45, 7) is -2.50. The molecule has 3 aliphatic rings. The van der Waals surface area contributed by atoms with Crippen molar-refractivity contribution in [3.63, 3.8) is 0 Å². The average Bonchev–Trinajstić information content (AvgIpc) is 3.59. The largest absolute Gasteiger partial charge is 0.477 e. The molecule has 7 nitrogen and oxygen atoms in total. The van der Waals surface area contributed by atoms with E-state index in [2.05, 4.69) is 14.9 Å². The molecule has 9 heteroatoms. The third-order valence-electron chi connectivity index (χ3n) is 7.77. The number of hydrogen-bond donors (Lipinski definition) is 2. The van der Waals surface area contributed by atoms with Crippen molar-refractivity contribution in [2.75, 3.05) is 4.90 Å². The smallest absolute Gasteiger partial charge is 0.387 e. The minimum absolute atomic E-state index is 0.0544. The van der Waals surface area contributed by atoms with Gasteiger partial charge in [-0.25, -0.2) is 9.78 Å². The minimum atomic E-state index is -2.89. The molecule has 3 aromatic rings. The van der Waals surface area contributed by atoms with Crippen molar-refractivity contribution in [3.8, 4) is 16.9 Å². The summed E-state index contributed by atoms with van der Waals surface area (Å²) in [5.41, 5.74) is 3.66. The number of hydrogen-bond acceptors (Lipinski definition) is 5. The molecule has 194 valence electrons. The van der Waals surface area contributed by atoms with Crippen molar-refractivity contribution in [2.45, 2.75) is 75.8 Å². The Morgan fingerprint density at radius 3 is 2.51 bits per heavy atom. The normalized spacial score (nSPS) is 23.0. The van der Waals surface area contributed by atoms with Gasteiger partial charge < -0.3 is 24.5 Å². The van der Waals surface area contributed by atoms with Gasteiger partial charge in [-0.05, 0) is 62.6 Å². The van der Waals surface area contributed by atoms with Crippen LogP contribution < -0.4 is 9.64 Å². The number of aromatic nitrogens is 2. The topological polar surface area (TPSA) is 87.7 Å². The monoisotopic (exact) mass is 509 g/mol. The molecule has 2 bridgehead atoms. The van der Waals surface area contributed by atoms with Crippen molar-refractivity contribution in [1.29, 1.82) is 0 Å². The van der Waals surface area contributed by atoms with Crippen LogP contribution in [0.25, 0.3) is 11.1 Å². The van der Waals surface area contributed by atoms with Crippen LogP contribution >= 0.6 is 0 Å². The number of H-pyrrole nitrogens is 1. The van der Waals surface area contributed by atoms with E-state index in [1.54, 1.807) is 24.3 Å². The molecule has 2 aromatic heterocycles. The van der Waals surface area contributed by atoms with Gasteiger partial charge in [-0.3, -0.25) is 0 Å². The lowest BCUT2D eigenvalue weighted by Crippen LogP contribution is -2.46. The number of nitrogens with zero attached hydrogens (tertiary/aromatic N) is 2. The molecule has 2 aliphatic heterocycles. The van der Waals surface area contributed by atoms with Gasteiger partial charge in [0.25, 0.3) is 0 Å². The van der Waals surface area contributed by atoms with Gasteiger partial charge in [-0.1, -0.05) is 24.3 Å². The number of carboxylic acids is 1. The minimum Gasteiger partial charge on any atom is -0.477 e. The Bertz CT molecular complexity index is 1280. The molecule has 2 saturated heterocycles. The molecule has 3 fully saturated rings. The number of alkyl halides is 2. The number of anilines is 1. The lowest BCUT2D eigenvalue weighted by atomic mass is 9.98. The average molecular weight is 510 g/mol. The van der Waals surface area contributed by atoms with Gasteiger partial charge in [-0.2, -0.15) is 8.78 Å². The fraction of sp³-hybridized carbons (Fsp3) is 0.429. The lowest BCUT2D eigenvalue weighted by Gasteiger charge is -2.39. The Hall–Kier alpha value is -3.46. The number of nitrogens with one attached hydrogen (secondary N) is 1. The number of carbonyl (C=O) groups is 1. The van der Waals surface area contributed by atoms with Crippen molar-refractivity contribution < 1.29 is 28.2 Å². The molecule has 2 N–H and O–H groups in total. The van der Waals surface area contributed by atoms with Crippen LogP contribution in [-0.2, 0) is 11.3 Å². The maximum atomic E-state index is 13.1. The number of rotatable bonds is 9. The summed E-state index contributed by atoms with van der Waals surface area (Å²) in [5, 5.41) is 9.34. The van der Waals surface area contributed by atoms with Crippen LogP contribution in [0.3, 0.4) is 0 Å². The summed E-state index contributed by atoms with van der Waals surface area (Å²) in [4.78, 5) is 21.4. The van der Waals surface area contributed by atoms with E-state index in [0.717, 1.165) is 55.3 Å². The predicted molar refractivity (Wildman–Crippen MR) is 133 cm³/mol. The number of para-hydroxylation sites is 1.